The summed E-state index contributed by atoms with van der Waals surface area (Å²) in [7, 11) is 0. The zero-order chi connectivity index (χ0) is 16.5. The molecule has 0 amide bonds. The molecule has 0 aliphatic carbocycles. The number of rotatable bonds is 3. The lowest BCUT2D eigenvalue weighted by Crippen LogP contribution is -2.02. The highest BCUT2D eigenvalue weighted by Crippen LogP contribution is 2.24. The van der Waals surface area contributed by atoms with Gasteiger partial charge in [-0.2, -0.15) is 4.52 Å². The fraction of sp³-hybridized carbons (Fsp3) is 0.111. The number of hydrogen-bond donors (Lipinski definition) is 1. The summed E-state index contributed by atoms with van der Waals surface area (Å²) in [5.41, 5.74) is 5.05. The van der Waals surface area contributed by atoms with E-state index in [1.165, 1.54) is 11.1 Å². The Morgan fingerprint density at radius 1 is 0.875 bits per heavy atom. The maximum Gasteiger partial charge on any atom is 0.185 e. The third kappa shape index (κ3) is 2.48. The fourth-order valence-electron chi connectivity index (χ4n) is 2.68. The normalized spacial score (nSPS) is 10.9. The molecule has 3 aromatic heterocycles. The van der Waals surface area contributed by atoms with Crippen LogP contribution in [0.15, 0.2) is 54.9 Å². The third-order valence-corrected chi connectivity index (χ3v) is 3.94. The molecule has 0 radical (unpaired) electrons. The van der Waals surface area contributed by atoms with Crippen LogP contribution in [-0.4, -0.2) is 24.8 Å². The van der Waals surface area contributed by atoms with Gasteiger partial charge in [0.15, 0.2) is 17.3 Å². The number of para-hydroxylation sites is 1. The Hall–Kier alpha value is -3.28. The van der Waals surface area contributed by atoms with Crippen LogP contribution in [0.3, 0.4) is 0 Å². The van der Waals surface area contributed by atoms with Crippen molar-refractivity contribution in [1.82, 2.24) is 24.8 Å². The molecule has 1 aromatic carbocycles. The van der Waals surface area contributed by atoms with Crippen molar-refractivity contribution in [2.24, 2.45) is 0 Å². The Morgan fingerprint density at radius 3 is 2.38 bits per heavy atom. The van der Waals surface area contributed by atoms with Gasteiger partial charge < -0.3 is 5.32 Å². The third-order valence-electron chi connectivity index (χ3n) is 3.94. The van der Waals surface area contributed by atoms with Crippen LogP contribution in [0.2, 0.25) is 0 Å². The zero-order valence-corrected chi connectivity index (χ0v) is 13.4. The second kappa shape index (κ2) is 5.73. The van der Waals surface area contributed by atoms with Crippen LogP contribution in [0.4, 0.5) is 11.5 Å². The van der Waals surface area contributed by atoms with Crippen LogP contribution < -0.4 is 5.32 Å². The van der Waals surface area contributed by atoms with E-state index in [1.807, 2.05) is 30.3 Å². The monoisotopic (exact) mass is 316 g/mol. The van der Waals surface area contributed by atoms with Gasteiger partial charge >= 0.3 is 0 Å². The lowest BCUT2D eigenvalue weighted by Gasteiger charge is -2.12. The number of fused-ring (bicyclic) bond motifs is 1. The number of benzene rings is 1. The molecule has 24 heavy (non-hydrogen) atoms. The second-order valence-electron chi connectivity index (χ2n) is 5.64. The first-order valence-electron chi connectivity index (χ1n) is 7.68. The molecular weight excluding hydrogens is 300 g/mol. The van der Waals surface area contributed by atoms with Crippen molar-refractivity contribution in [3.8, 4) is 11.4 Å². The Kier molecular flexibility index (Phi) is 3.42. The number of aryl methyl sites for hydroxylation is 2. The molecule has 6 nitrogen and oxygen atoms in total. The molecular formula is C18H16N6. The van der Waals surface area contributed by atoms with Gasteiger partial charge in [0, 0.05) is 23.6 Å². The van der Waals surface area contributed by atoms with Crippen LogP contribution >= 0.6 is 0 Å². The molecule has 0 aliphatic rings. The standard InChI is InChI=1S/C18H16N6/c1-12-4-3-5-13(2)17(12)20-15-6-7-16-21-22-18(24(16)23-15)14-8-10-19-11-9-14/h3-11H,1-2H3,(H,20,23). The SMILES string of the molecule is Cc1cccc(C)c1Nc1ccc2nnc(-c3ccncc3)n2n1. The topological polar surface area (TPSA) is 68.0 Å². The van der Waals surface area contributed by atoms with E-state index < -0.39 is 0 Å². The van der Waals surface area contributed by atoms with E-state index in [0.29, 0.717) is 11.5 Å². The van der Waals surface area contributed by atoms with Crippen LogP contribution in [0, 0.1) is 13.8 Å². The van der Waals surface area contributed by atoms with Crippen molar-refractivity contribution in [2.45, 2.75) is 13.8 Å². The van der Waals surface area contributed by atoms with Gasteiger partial charge in [0.05, 0.1) is 0 Å². The highest BCUT2D eigenvalue weighted by atomic mass is 15.4. The summed E-state index contributed by atoms with van der Waals surface area (Å²) in [6.45, 7) is 4.16. The van der Waals surface area contributed by atoms with E-state index in [9.17, 15) is 0 Å². The largest absolute Gasteiger partial charge is 0.338 e. The molecule has 0 bridgehead atoms. The van der Waals surface area contributed by atoms with E-state index in [1.54, 1.807) is 16.9 Å². The maximum absolute atomic E-state index is 4.65. The Balaban J connectivity index is 1.78. The summed E-state index contributed by atoms with van der Waals surface area (Å²) in [6.07, 6.45) is 3.46. The van der Waals surface area contributed by atoms with Crippen molar-refractivity contribution < 1.29 is 0 Å². The van der Waals surface area contributed by atoms with Crippen molar-refractivity contribution in [2.75, 3.05) is 5.32 Å². The smallest absolute Gasteiger partial charge is 0.185 e. The quantitative estimate of drug-likeness (QED) is 0.626. The molecule has 0 fully saturated rings. The molecule has 4 rings (SSSR count). The van der Waals surface area contributed by atoms with Gasteiger partial charge in [-0.1, -0.05) is 18.2 Å². The average molecular weight is 316 g/mol. The number of nitrogens with one attached hydrogen (secondary N) is 1. The Bertz CT molecular complexity index is 986. The predicted molar refractivity (Wildman–Crippen MR) is 93.2 cm³/mol. The van der Waals surface area contributed by atoms with E-state index >= 15 is 0 Å². The van der Waals surface area contributed by atoms with Gasteiger partial charge in [-0.25, -0.2) is 0 Å². The van der Waals surface area contributed by atoms with Crippen molar-refractivity contribution in [3.05, 3.63) is 66.0 Å². The summed E-state index contributed by atoms with van der Waals surface area (Å²) in [5.74, 6) is 1.44. The fourth-order valence-corrected chi connectivity index (χ4v) is 2.68. The van der Waals surface area contributed by atoms with Gasteiger partial charge in [0.2, 0.25) is 0 Å². The van der Waals surface area contributed by atoms with E-state index in [2.05, 4.69) is 51.6 Å². The van der Waals surface area contributed by atoms with E-state index in [4.69, 9.17) is 0 Å². The number of nitrogens with zero attached hydrogens (tertiary/aromatic N) is 5. The predicted octanol–water partition coefficient (Wildman–Crippen LogP) is 3.55. The van der Waals surface area contributed by atoms with E-state index in [-0.39, 0.29) is 0 Å². The first-order chi connectivity index (χ1) is 11.7. The Morgan fingerprint density at radius 2 is 1.62 bits per heavy atom. The van der Waals surface area contributed by atoms with Gasteiger partial charge in [-0.15, -0.1) is 15.3 Å². The molecule has 1 N–H and O–H groups in total. The number of aromatic nitrogens is 5. The van der Waals surface area contributed by atoms with Gasteiger partial charge in [0.1, 0.15) is 0 Å². The molecule has 0 atom stereocenters. The zero-order valence-electron chi connectivity index (χ0n) is 13.4. The number of hydrogen-bond acceptors (Lipinski definition) is 5. The highest BCUT2D eigenvalue weighted by Gasteiger charge is 2.10. The molecule has 3 heterocycles. The lowest BCUT2D eigenvalue weighted by atomic mass is 10.1. The first kappa shape index (κ1) is 14.3. The van der Waals surface area contributed by atoms with Crippen LogP contribution in [0.25, 0.3) is 17.0 Å². The molecule has 0 aliphatic heterocycles. The molecule has 6 heteroatoms. The van der Waals surface area contributed by atoms with E-state index in [0.717, 1.165) is 17.1 Å². The molecule has 0 saturated carbocycles. The van der Waals surface area contributed by atoms with Crippen LogP contribution in [0.1, 0.15) is 11.1 Å². The molecule has 0 unspecified atom stereocenters. The van der Waals surface area contributed by atoms with Crippen LogP contribution in [0.5, 0.6) is 0 Å². The average Bonchev–Trinajstić information content (AvgIpc) is 3.02. The summed E-state index contributed by atoms with van der Waals surface area (Å²) in [5, 5.41) is 16.5. The van der Waals surface area contributed by atoms with Gasteiger partial charge in [-0.05, 0) is 49.2 Å². The number of pyridine rings is 1. The minimum atomic E-state index is 0.692. The maximum atomic E-state index is 4.65. The first-order valence-corrected chi connectivity index (χ1v) is 7.68. The Labute approximate surface area is 139 Å². The lowest BCUT2D eigenvalue weighted by molar-refractivity contribution is 0.940. The molecule has 0 saturated heterocycles. The highest BCUT2D eigenvalue weighted by molar-refractivity contribution is 5.65. The molecule has 4 aromatic rings. The van der Waals surface area contributed by atoms with Gasteiger partial charge in [0.25, 0.3) is 0 Å². The van der Waals surface area contributed by atoms with Gasteiger partial charge in [-0.3, -0.25) is 4.98 Å². The van der Waals surface area contributed by atoms with Crippen molar-refractivity contribution >= 4 is 17.2 Å². The summed E-state index contributed by atoms with van der Waals surface area (Å²) in [4.78, 5) is 4.04. The minimum absolute atomic E-state index is 0.692. The summed E-state index contributed by atoms with van der Waals surface area (Å²) in [6, 6.07) is 13.8. The van der Waals surface area contributed by atoms with Crippen molar-refractivity contribution in [3.63, 3.8) is 0 Å². The van der Waals surface area contributed by atoms with Crippen molar-refractivity contribution in [1.29, 1.82) is 0 Å². The summed E-state index contributed by atoms with van der Waals surface area (Å²) < 4.78 is 1.74. The minimum Gasteiger partial charge on any atom is -0.338 e. The number of anilines is 2. The molecule has 118 valence electrons. The van der Waals surface area contributed by atoms with Crippen LogP contribution in [-0.2, 0) is 0 Å². The second-order valence-corrected chi connectivity index (χ2v) is 5.64. The molecule has 0 spiro atoms. The summed E-state index contributed by atoms with van der Waals surface area (Å²) >= 11 is 0.